The van der Waals surface area contributed by atoms with Gasteiger partial charge in [0.05, 0.1) is 11.6 Å². The van der Waals surface area contributed by atoms with Crippen LogP contribution < -0.4 is 4.90 Å². The summed E-state index contributed by atoms with van der Waals surface area (Å²) >= 11 is 4.95. The summed E-state index contributed by atoms with van der Waals surface area (Å²) in [6, 6.07) is 6.73. The predicted octanol–water partition coefficient (Wildman–Crippen LogP) is 2.29. The van der Waals surface area contributed by atoms with Crippen LogP contribution in [0.2, 0.25) is 0 Å². The number of urea groups is 1. The maximum Gasteiger partial charge on any atom is 0.332 e. The third kappa shape index (κ3) is 1.66. The molecule has 0 unspecified atom stereocenters. The number of hydrogen-bond acceptors (Lipinski definition) is 3. The van der Waals surface area contributed by atoms with Crippen LogP contribution in [0.3, 0.4) is 0 Å². The number of carbonyl (C=O) groups excluding carboxylic acids is 2. The van der Waals surface area contributed by atoms with Crippen LogP contribution in [0.15, 0.2) is 28.7 Å². The van der Waals surface area contributed by atoms with Crippen molar-refractivity contribution in [2.45, 2.75) is 6.04 Å². The normalized spacial score (nSPS) is 23.5. The van der Waals surface area contributed by atoms with Crippen LogP contribution in [-0.2, 0) is 4.79 Å². The van der Waals surface area contributed by atoms with E-state index in [1.807, 2.05) is 12.1 Å². The molecule has 0 aromatic heterocycles. The maximum atomic E-state index is 12.1. The molecule has 1 atom stereocenters. The largest absolute Gasteiger partial charge is 0.332 e. The van der Waals surface area contributed by atoms with Gasteiger partial charge in [0.25, 0.3) is 5.91 Å². The number of carbonyl (C=O) groups is 2. The molecular formula is C11H9BrN2O2S. The Balaban J connectivity index is 1.96. The zero-order valence-corrected chi connectivity index (χ0v) is 11.2. The molecule has 2 fully saturated rings. The minimum Gasteiger partial charge on any atom is -0.302 e. The SMILES string of the molecule is O=C1[C@@H]2CSCN2C(=O)N1c1ccc(Br)cc1. The molecule has 1 aromatic carbocycles. The Morgan fingerprint density at radius 1 is 1.24 bits per heavy atom. The number of rotatable bonds is 1. The highest BCUT2D eigenvalue weighted by molar-refractivity contribution is 9.10. The molecule has 0 saturated carbocycles. The van der Waals surface area contributed by atoms with Crippen LogP contribution in [0.4, 0.5) is 10.5 Å². The number of fused-ring (bicyclic) bond motifs is 1. The van der Waals surface area contributed by atoms with E-state index in [9.17, 15) is 9.59 Å². The van der Waals surface area contributed by atoms with Gasteiger partial charge in [-0.15, -0.1) is 11.8 Å². The molecule has 3 amide bonds. The second-order valence-electron chi connectivity index (χ2n) is 3.92. The van der Waals surface area contributed by atoms with Gasteiger partial charge in [0.15, 0.2) is 0 Å². The van der Waals surface area contributed by atoms with E-state index in [4.69, 9.17) is 0 Å². The molecule has 2 aliphatic heterocycles. The number of hydrogen-bond donors (Lipinski definition) is 0. The van der Waals surface area contributed by atoms with Gasteiger partial charge in [0.2, 0.25) is 0 Å². The van der Waals surface area contributed by atoms with E-state index in [-0.39, 0.29) is 18.0 Å². The van der Waals surface area contributed by atoms with Crippen LogP contribution in [0.1, 0.15) is 0 Å². The van der Waals surface area contributed by atoms with E-state index in [1.54, 1.807) is 28.8 Å². The lowest BCUT2D eigenvalue weighted by atomic mass is 10.2. The van der Waals surface area contributed by atoms with Gasteiger partial charge in [-0.1, -0.05) is 15.9 Å². The Morgan fingerprint density at radius 2 is 1.94 bits per heavy atom. The van der Waals surface area contributed by atoms with Crippen molar-refractivity contribution in [2.75, 3.05) is 16.5 Å². The highest BCUT2D eigenvalue weighted by Crippen LogP contribution is 2.32. The molecule has 1 aromatic rings. The van der Waals surface area contributed by atoms with Gasteiger partial charge in [-0.2, -0.15) is 0 Å². The lowest BCUT2D eigenvalue weighted by Crippen LogP contribution is -2.32. The second kappa shape index (κ2) is 4.03. The van der Waals surface area contributed by atoms with E-state index in [0.29, 0.717) is 17.3 Å². The zero-order valence-electron chi connectivity index (χ0n) is 8.80. The number of benzene rings is 1. The zero-order chi connectivity index (χ0) is 12.0. The minimum atomic E-state index is -0.267. The molecule has 0 spiro atoms. The molecule has 2 heterocycles. The van der Waals surface area contributed by atoms with Gasteiger partial charge in [0.1, 0.15) is 6.04 Å². The fourth-order valence-corrected chi connectivity index (χ4v) is 3.44. The number of halogens is 1. The first-order chi connectivity index (χ1) is 8.18. The Bertz CT molecular complexity index is 469. The van der Waals surface area contributed by atoms with Gasteiger partial charge in [-0.05, 0) is 24.3 Å². The highest BCUT2D eigenvalue weighted by Gasteiger charge is 2.48. The first-order valence-electron chi connectivity index (χ1n) is 5.16. The first-order valence-corrected chi connectivity index (χ1v) is 7.11. The summed E-state index contributed by atoms with van der Waals surface area (Å²) in [7, 11) is 0. The molecule has 0 aliphatic carbocycles. The van der Waals surface area contributed by atoms with E-state index < -0.39 is 0 Å². The molecule has 6 heteroatoms. The lowest BCUT2D eigenvalue weighted by molar-refractivity contribution is -0.118. The molecule has 0 N–H and O–H groups in total. The molecule has 3 rings (SSSR count). The van der Waals surface area contributed by atoms with Crippen molar-refractivity contribution in [1.82, 2.24) is 4.90 Å². The lowest BCUT2D eigenvalue weighted by Gasteiger charge is -2.15. The Kier molecular flexibility index (Phi) is 2.63. The van der Waals surface area contributed by atoms with E-state index >= 15 is 0 Å². The fraction of sp³-hybridized carbons (Fsp3) is 0.273. The monoisotopic (exact) mass is 312 g/mol. The van der Waals surface area contributed by atoms with Crippen molar-refractivity contribution in [3.05, 3.63) is 28.7 Å². The van der Waals surface area contributed by atoms with Crippen LogP contribution in [0, 0.1) is 0 Å². The highest BCUT2D eigenvalue weighted by atomic mass is 79.9. The van der Waals surface area contributed by atoms with Crippen molar-refractivity contribution in [1.29, 1.82) is 0 Å². The Hall–Kier alpha value is -1.01. The van der Waals surface area contributed by atoms with E-state index in [1.165, 1.54) is 4.90 Å². The van der Waals surface area contributed by atoms with Crippen LogP contribution in [-0.4, -0.2) is 34.5 Å². The molecule has 4 nitrogen and oxygen atoms in total. The summed E-state index contributed by atoms with van der Waals surface area (Å²) in [5.41, 5.74) is 0.641. The smallest absolute Gasteiger partial charge is 0.302 e. The summed E-state index contributed by atoms with van der Waals surface area (Å²) in [5.74, 6) is 1.21. The number of thioether (sulfide) groups is 1. The van der Waals surface area contributed by atoms with Crippen molar-refractivity contribution >= 4 is 45.3 Å². The third-order valence-electron chi connectivity index (χ3n) is 2.91. The van der Waals surface area contributed by atoms with Gasteiger partial charge in [-0.25, -0.2) is 9.69 Å². The van der Waals surface area contributed by atoms with Crippen molar-refractivity contribution in [3.8, 4) is 0 Å². The molecule has 0 bridgehead atoms. The van der Waals surface area contributed by atoms with Crippen molar-refractivity contribution in [3.63, 3.8) is 0 Å². The second-order valence-corrected chi connectivity index (χ2v) is 5.83. The molecular weight excluding hydrogens is 304 g/mol. The Morgan fingerprint density at radius 3 is 2.59 bits per heavy atom. The topological polar surface area (TPSA) is 40.6 Å². The molecule has 88 valence electrons. The average molecular weight is 313 g/mol. The van der Waals surface area contributed by atoms with Crippen molar-refractivity contribution < 1.29 is 9.59 Å². The number of nitrogens with zero attached hydrogens (tertiary/aromatic N) is 2. The molecule has 0 radical (unpaired) electrons. The Labute approximate surface area is 111 Å². The summed E-state index contributed by atoms with van der Waals surface area (Å²) < 4.78 is 0.927. The average Bonchev–Trinajstić information content (AvgIpc) is 2.87. The standard InChI is InChI=1S/C11H9BrN2O2S/c12-7-1-3-8(4-2-7)14-10(15)9-5-17-6-13(9)11(14)16/h1-4,9H,5-6H2/t9-/m0/s1. The fourth-order valence-electron chi connectivity index (χ4n) is 2.04. The van der Waals surface area contributed by atoms with Crippen molar-refractivity contribution in [2.24, 2.45) is 0 Å². The van der Waals surface area contributed by atoms with Gasteiger partial charge in [0, 0.05) is 10.2 Å². The minimum absolute atomic E-state index is 0.109. The molecule has 17 heavy (non-hydrogen) atoms. The maximum absolute atomic E-state index is 12.1. The summed E-state index contributed by atoms with van der Waals surface area (Å²) in [5, 5.41) is 0. The van der Waals surface area contributed by atoms with Crippen LogP contribution >= 0.6 is 27.7 Å². The third-order valence-corrected chi connectivity index (χ3v) is 4.45. The van der Waals surface area contributed by atoms with Crippen LogP contribution in [0.5, 0.6) is 0 Å². The summed E-state index contributed by atoms with van der Waals surface area (Å²) in [6.45, 7) is 0. The van der Waals surface area contributed by atoms with E-state index in [0.717, 1.165) is 4.47 Å². The van der Waals surface area contributed by atoms with E-state index in [2.05, 4.69) is 15.9 Å². The molecule has 2 aliphatic rings. The summed E-state index contributed by atoms with van der Waals surface area (Å²) in [6.07, 6.45) is 0. The first kappa shape index (κ1) is 11.1. The summed E-state index contributed by atoms with van der Waals surface area (Å²) in [4.78, 5) is 27.1. The van der Waals surface area contributed by atoms with Gasteiger partial charge in [-0.3, -0.25) is 4.79 Å². The quantitative estimate of drug-likeness (QED) is 0.747. The number of imide groups is 1. The van der Waals surface area contributed by atoms with Gasteiger partial charge < -0.3 is 4.90 Å². The number of anilines is 1. The number of amides is 3. The van der Waals surface area contributed by atoms with Gasteiger partial charge >= 0.3 is 6.03 Å². The van der Waals surface area contributed by atoms with Crippen LogP contribution in [0.25, 0.3) is 0 Å². The molecule has 2 saturated heterocycles. The predicted molar refractivity (Wildman–Crippen MR) is 70.0 cm³/mol.